The first kappa shape index (κ1) is 6.49. The summed E-state index contributed by atoms with van der Waals surface area (Å²) in [6.45, 7) is 2.08. The van der Waals surface area contributed by atoms with E-state index >= 15 is 0 Å². The lowest BCUT2D eigenvalue weighted by Crippen LogP contribution is -2.06. The van der Waals surface area contributed by atoms with Gasteiger partial charge in [0.2, 0.25) is 0 Å². The van der Waals surface area contributed by atoms with Crippen LogP contribution in [0.2, 0.25) is 0 Å². The molecular formula is C7H11NO. The minimum Gasteiger partial charge on any atom is -0.371 e. The average Bonchev–Trinajstić information content (AvgIpc) is 1.90. The summed E-state index contributed by atoms with van der Waals surface area (Å²) in [6, 6.07) is 0. The van der Waals surface area contributed by atoms with Crippen molar-refractivity contribution >= 4 is 6.21 Å². The number of hydrogen-bond donors (Lipinski definition) is 1. The molecule has 0 aromatic rings. The molecule has 0 spiro atoms. The first-order valence-corrected chi connectivity index (χ1v) is 3.23. The summed E-state index contributed by atoms with van der Waals surface area (Å²) in [4.78, 5) is 3.84. The van der Waals surface area contributed by atoms with Gasteiger partial charge < -0.3 is 5.11 Å². The van der Waals surface area contributed by atoms with Gasteiger partial charge in [0.05, 0.1) is 0 Å². The molecule has 0 saturated carbocycles. The summed E-state index contributed by atoms with van der Waals surface area (Å²) < 4.78 is 0. The maximum atomic E-state index is 8.88. The molecule has 2 heteroatoms. The summed E-state index contributed by atoms with van der Waals surface area (Å²) in [7, 11) is 0. The maximum Gasteiger partial charge on any atom is 0.148 e. The van der Waals surface area contributed by atoms with Gasteiger partial charge in [-0.25, -0.2) is 0 Å². The number of nitrogens with zero attached hydrogens (tertiary/aromatic N) is 1. The van der Waals surface area contributed by atoms with Gasteiger partial charge in [0.25, 0.3) is 0 Å². The lowest BCUT2D eigenvalue weighted by Gasteiger charge is -2.07. The van der Waals surface area contributed by atoms with E-state index in [0.29, 0.717) is 6.42 Å². The van der Waals surface area contributed by atoms with Crippen molar-refractivity contribution in [1.82, 2.24) is 0 Å². The first-order valence-electron chi connectivity index (χ1n) is 3.23. The van der Waals surface area contributed by atoms with E-state index in [-0.39, 0.29) is 0 Å². The van der Waals surface area contributed by atoms with Crippen LogP contribution in [0.15, 0.2) is 16.6 Å². The molecule has 1 aliphatic rings. The lowest BCUT2D eigenvalue weighted by atomic mass is 10.1. The third-order valence-electron chi connectivity index (χ3n) is 1.41. The van der Waals surface area contributed by atoms with Crippen LogP contribution in [0.5, 0.6) is 0 Å². The summed E-state index contributed by atoms with van der Waals surface area (Å²) in [6.07, 6.45) is 4.97. The molecule has 1 heterocycles. The van der Waals surface area contributed by atoms with Crippen molar-refractivity contribution in [3.63, 3.8) is 0 Å². The van der Waals surface area contributed by atoms with Gasteiger partial charge in [0.15, 0.2) is 0 Å². The van der Waals surface area contributed by atoms with E-state index in [1.807, 2.05) is 6.08 Å². The second-order valence-electron chi connectivity index (χ2n) is 2.13. The SMILES string of the molecule is CCC1=CC[C@@H](O)N=C1. The lowest BCUT2D eigenvalue weighted by molar-refractivity contribution is 0.187. The van der Waals surface area contributed by atoms with Crippen LogP contribution in [0.25, 0.3) is 0 Å². The summed E-state index contributed by atoms with van der Waals surface area (Å²) in [5.74, 6) is 0. The second kappa shape index (κ2) is 2.78. The number of rotatable bonds is 1. The normalized spacial score (nSPS) is 26.0. The fraction of sp³-hybridized carbons (Fsp3) is 0.571. The molecule has 0 aromatic carbocycles. The van der Waals surface area contributed by atoms with E-state index in [2.05, 4.69) is 11.9 Å². The molecule has 0 saturated heterocycles. The Morgan fingerprint density at radius 3 is 3.11 bits per heavy atom. The third kappa shape index (κ3) is 1.64. The second-order valence-corrected chi connectivity index (χ2v) is 2.13. The van der Waals surface area contributed by atoms with Crippen molar-refractivity contribution in [3.8, 4) is 0 Å². The van der Waals surface area contributed by atoms with Gasteiger partial charge in [-0.3, -0.25) is 4.99 Å². The fourth-order valence-electron chi connectivity index (χ4n) is 0.788. The number of allylic oxidation sites excluding steroid dienone is 1. The van der Waals surface area contributed by atoms with Crippen molar-refractivity contribution < 1.29 is 5.11 Å². The van der Waals surface area contributed by atoms with Crippen LogP contribution in [0.1, 0.15) is 19.8 Å². The van der Waals surface area contributed by atoms with Crippen LogP contribution in [0, 0.1) is 0 Å². The first-order chi connectivity index (χ1) is 4.33. The predicted octanol–water partition coefficient (Wildman–Crippen LogP) is 1.12. The molecule has 50 valence electrons. The Balaban J connectivity index is 2.52. The highest BCUT2D eigenvalue weighted by Crippen LogP contribution is 2.07. The van der Waals surface area contributed by atoms with Crippen LogP contribution in [-0.4, -0.2) is 17.5 Å². The van der Waals surface area contributed by atoms with Gasteiger partial charge in [0, 0.05) is 12.6 Å². The van der Waals surface area contributed by atoms with Crippen LogP contribution in [0.3, 0.4) is 0 Å². The van der Waals surface area contributed by atoms with Crippen molar-refractivity contribution in [2.45, 2.75) is 26.0 Å². The number of aliphatic imine (C=N–C) groups is 1. The van der Waals surface area contributed by atoms with Gasteiger partial charge in [0.1, 0.15) is 6.23 Å². The molecule has 0 bridgehead atoms. The molecule has 0 aromatic heterocycles. The molecule has 9 heavy (non-hydrogen) atoms. The van der Waals surface area contributed by atoms with Gasteiger partial charge in [-0.05, 0) is 12.0 Å². The van der Waals surface area contributed by atoms with E-state index in [4.69, 9.17) is 5.11 Å². The number of hydrogen-bond acceptors (Lipinski definition) is 2. The Hall–Kier alpha value is -0.630. The van der Waals surface area contributed by atoms with Crippen LogP contribution >= 0.6 is 0 Å². The van der Waals surface area contributed by atoms with E-state index in [1.54, 1.807) is 6.21 Å². The zero-order chi connectivity index (χ0) is 6.69. The molecule has 1 N–H and O–H groups in total. The van der Waals surface area contributed by atoms with E-state index in [0.717, 1.165) is 6.42 Å². The minimum absolute atomic E-state index is 0.486. The third-order valence-corrected chi connectivity index (χ3v) is 1.41. The molecular weight excluding hydrogens is 114 g/mol. The molecule has 1 atom stereocenters. The van der Waals surface area contributed by atoms with Gasteiger partial charge >= 0.3 is 0 Å². The highest BCUT2D eigenvalue weighted by atomic mass is 16.3. The van der Waals surface area contributed by atoms with Crippen LogP contribution < -0.4 is 0 Å². The molecule has 0 unspecified atom stereocenters. The Labute approximate surface area is 54.9 Å². The molecule has 1 rings (SSSR count). The van der Waals surface area contributed by atoms with Gasteiger partial charge in [-0.15, -0.1) is 0 Å². The molecule has 0 amide bonds. The quantitative estimate of drug-likeness (QED) is 0.559. The molecule has 0 fully saturated rings. The average molecular weight is 125 g/mol. The number of aliphatic hydroxyl groups excluding tert-OH is 1. The number of aliphatic hydroxyl groups is 1. The topological polar surface area (TPSA) is 32.6 Å². The van der Waals surface area contributed by atoms with Crippen molar-refractivity contribution in [2.24, 2.45) is 4.99 Å². The Morgan fingerprint density at radius 2 is 2.67 bits per heavy atom. The Kier molecular flexibility index (Phi) is 2.01. The minimum atomic E-state index is -0.486. The van der Waals surface area contributed by atoms with Gasteiger partial charge in [-0.1, -0.05) is 13.0 Å². The van der Waals surface area contributed by atoms with Gasteiger partial charge in [-0.2, -0.15) is 0 Å². The van der Waals surface area contributed by atoms with Crippen molar-refractivity contribution in [3.05, 3.63) is 11.6 Å². The fourth-order valence-corrected chi connectivity index (χ4v) is 0.788. The van der Waals surface area contributed by atoms with E-state index in [1.165, 1.54) is 5.57 Å². The Bertz CT molecular complexity index is 149. The smallest absolute Gasteiger partial charge is 0.148 e. The zero-order valence-corrected chi connectivity index (χ0v) is 5.54. The molecule has 0 aliphatic carbocycles. The monoisotopic (exact) mass is 125 g/mol. The van der Waals surface area contributed by atoms with E-state index in [9.17, 15) is 0 Å². The highest BCUT2D eigenvalue weighted by Gasteiger charge is 2.02. The summed E-state index contributed by atoms with van der Waals surface area (Å²) in [5.41, 5.74) is 1.22. The van der Waals surface area contributed by atoms with Crippen LogP contribution in [-0.2, 0) is 0 Å². The molecule has 2 nitrogen and oxygen atoms in total. The van der Waals surface area contributed by atoms with Crippen molar-refractivity contribution in [1.29, 1.82) is 0 Å². The molecule has 1 aliphatic heterocycles. The highest BCUT2D eigenvalue weighted by molar-refractivity contribution is 5.79. The standard InChI is InChI=1S/C7H11NO/c1-2-6-3-4-7(9)8-5-6/h3,5,7,9H,2,4H2,1H3/t7-/m1/s1. The van der Waals surface area contributed by atoms with Crippen molar-refractivity contribution in [2.75, 3.05) is 0 Å². The number of dihydropyridines is 1. The largest absolute Gasteiger partial charge is 0.371 e. The zero-order valence-electron chi connectivity index (χ0n) is 5.54. The summed E-state index contributed by atoms with van der Waals surface area (Å²) in [5, 5.41) is 8.88. The summed E-state index contributed by atoms with van der Waals surface area (Å²) >= 11 is 0. The Morgan fingerprint density at radius 1 is 1.89 bits per heavy atom. The van der Waals surface area contributed by atoms with Crippen LogP contribution in [0.4, 0.5) is 0 Å². The molecule has 0 radical (unpaired) electrons. The maximum absolute atomic E-state index is 8.88. The van der Waals surface area contributed by atoms with E-state index < -0.39 is 6.23 Å². The predicted molar refractivity (Wildman–Crippen MR) is 37.5 cm³/mol.